The van der Waals surface area contributed by atoms with Crippen LogP contribution in [0.2, 0.25) is 0 Å². The van der Waals surface area contributed by atoms with E-state index in [1.54, 1.807) is 17.5 Å². The Morgan fingerprint density at radius 3 is 2.50 bits per heavy atom. The van der Waals surface area contributed by atoms with Gasteiger partial charge in [0, 0.05) is 39.1 Å². The van der Waals surface area contributed by atoms with Gasteiger partial charge in [0.2, 0.25) is 0 Å². The van der Waals surface area contributed by atoms with Crippen LogP contribution in [0.4, 0.5) is 0 Å². The highest BCUT2D eigenvalue weighted by Gasteiger charge is 2.36. The summed E-state index contributed by atoms with van der Waals surface area (Å²) in [4.78, 5) is 17.9. The van der Waals surface area contributed by atoms with Gasteiger partial charge in [-0.25, -0.2) is 5.01 Å². The Morgan fingerprint density at radius 1 is 1.00 bits per heavy atom. The van der Waals surface area contributed by atoms with Crippen molar-refractivity contribution in [1.29, 1.82) is 0 Å². The van der Waals surface area contributed by atoms with E-state index in [0.717, 1.165) is 44.2 Å². The molecule has 0 aliphatic carbocycles. The molecule has 1 aromatic carbocycles. The Kier molecular flexibility index (Phi) is 5.92. The highest BCUT2D eigenvalue weighted by Crippen LogP contribution is 2.33. The third kappa shape index (κ3) is 4.54. The number of rotatable bonds is 6. The van der Waals surface area contributed by atoms with Crippen LogP contribution in [0.3, 0.4) is 0 Å². The van der Waals surface area contributed by atoms with Crippen molar-refractivity contribution >= 4 is 11.6 Å². The average Bonchev–Trinajstić information content (AvgIpc) is 3.55. The van der Waals surface area contributed by atoms with E-state index in [0.29, 0.717) is 18.7 Å². The molecule has 2 aromatic heterocycles. The second-order valence-corrected chi connectivity index (χ2v) is 8.54. The summed E-state index contributed by atoms with van der Waals surface area (Å²) in [5, 5.41) is 6.20. The third-order valence-corrected chi connectivity index (χ3v) is 6.16. The fourth-order valence-corrected chi connectivity index (χ4v) is 4.47. The van der Waals surface area contributed by atoms with Crippen molar-refractivity contribution in [2.24, 2.45) is 5.10 Å². The van der Waals surface area contributed by atoms with Crippen LogP contribution >= 0.6 is 0 Å². The zero-order valence-corrected chi connectivity index (χ0v) is 18.3. The summed E-state index contributed by atoms with van der Waals surface area (Å²) in [6, 6.07) is 15.9. The molecular formula is C25H28N4O3. The molecule has 0 N–H and O–H groups in total. The van der Waals surface area contributed by atoms with Gasteiger partial charge in [0.25, 0.3) is 5.91 Å². The van der Waals surface area contributed by atoms with E-state index >= 15 is 0 Å². The first-order valence-corrected chi connectivity index (χ1v) is 11.1. The largest absolute Gasteiger partial charge is 0.467 e. The Morgan fingerprint density at radius 2 is 1.78 bits per heavy atom. The number of carbonyl (C=O) groups is 1. The number of piperazine rings is 1. The van der Waals surface area contributed by atoms with Crippen LogP contribution < -0.4 is 0 Å². The van der Waals surface area contributed by atoms with Gasteiger partial charge in [-0.05, 0) is 36.8 Å². The van der Waals surface area contributed by atoms with Gasteiger partial charge in [0.1, 0.15) is 23.3 Å². The predicted octanol–water partition coefficient (Wildman–Crippen LogP) is 3.68. The standard InChI is InChI=1S/C25H28N4O3/c1-19-5-2-6-20(15-19)17-27-9-11-28(12-10-27)18-25(30)29-22(24-8-4-14-32-24)16-21(26-29)23-7-3-13-31-23/h2-8,13-15,22H,9-12,16-18H2,1H3. The van der Waals surface area contributed by atoms with E-state index in [4.69, 9.17) is 8.83 Å². The van der Waals surface area contributed by atoms with Crippen LogP contribution in [0.5, 0.6) is 0 Å². The number of furan rings is 2. The Labute approximate surface area is 187 Å². The number of aryl methyl sites for hydroxylation is 1. The Hall–Kier alpha value is -3.16. The lowest BCUT2D eigenvalue weighted by Gasteiger charge is -2.35. The van der Waals surface area contributed by atoms with Crippen LogP contribution in [0.15, 0.2) is 75.0 Å². The molecule has 4 heterocycles. The van der Waals surface area contributed by atoms with Crippen molar-refractivity contribution in [1.82, 2.24) is 14.8 Å². The van der Waals surface area contributed by atoms with E-state index in [9.17, 15) is 4.79 Å². The van der Waals surface area contributed by atoms with Crippen molar-refractivity contribution in [3.05, 3.63) is 83.7 Å². The summed E-state index contributed by atoms with van der Waals surface area (Å²) in [5.74, 6) is 1.42. The molecule has 1 saturated heterocycles. The number of hydrogen-bond donors (Lipinski definition) is 0. The lowest BCUT2D eigenvalue weighted by molar-refractivity contribution is -0.135. The second kappa shape index (κ2) is 9.14. The van der Waals surface area contributed by atoms with Gasteiger partial charge >= 0.3 is 0 Å². The third-order valence-electron chi connectivity index (χ3n) is 6.16. The van der Waals surface area contributed by atoms with Crippen molar-refractivity contribution in [2.75, 3.05) is 32.7 Å². The molecule has 1 atom stereocenters. The van der Waals surface area contributed by atoms with E-state index < -0.39 is 0 Å². The molecule has 7 heteroatoms. The molecular weight excluding hydrogens is 404 g/mol. The normalized spacial score (nSPS) is 20.0. The maximum absolute atomic E-state index is 13.2. The number of benzene rings is 1. The number of nitrogens with zero attached hydrogens (tertiary/aromatic N) is 4. The Bertz CT molecular complexity index is 1070. The molecule has 32 heavy (non-hydrogen) atoms. The molecule has 0 radical (unpaired) electrons. The lowest BCUT2D eigenvalue weighted by atomic mass is 10.1. The molecule has 0 bridgehead atoms. The van der Waals surface area contributed by atoms with Gasteiger partial charge in [-0.15, -0.1) is 0 Å². The minimum Gasteiger partial charge on any atom is -0.467 e. The molecule has 1 amide bonds. The van der Waals surface area contributed by atoms with E-state index in [1.165, 1.54) is 11.1 Å². The summed E-state index contributed by atoms with van der Waals surface area (Å²) in [5.41, 5.74) is 3.40. The minimum atomic E-state index is -0.236. The molecule has 1 fully saturated rings. The average molecular weight is 433 g/mol. The zero-order chi connectivity index (χ0) is 21.9. The van der Waals surface area contributed by atoms with Gasteiger partial charge in [-0.3, -0.25) is 14.6 Å². The van der Waals surface area contributed by atoms with Crippen LogP contribution in [-0.4, -0.2) is 59.2 Å². The molecule has 3 aromatic rings. The quantitative estimate of drug-likeness (QED) is 0.595. The van der Waals surface area contributed by atoms with Gasteiger partial charge in [0.15, 0.2) is 0 Å². The van der Waals surface area contributed by atoms with Crippen LogP contribution in [0.25, 0.3) is 0 Å². The van der Waals surface area contributed by atoms with Gasteiger partial charge in [-0.1, -0.05) is 29.8 Å². The summed E-state index contributed by atoms with van der Waals surface area (Å²) in [6.07, 6.45) is 3.84. The fraction of sp³-hybridized carbons (Fsp3) is 0.360. The molecule has 0 spiro atoms. The van der Waals surface area contributed by atoms with Gasteiger partial charge in [-0.2, -0.15) is 5.10 Å². The zero-order valence-electron chi connectivity index (χ0n) is 18.3. The number of hydrogen-bond acceptors (Lipinski definition) is 6. The monoisotopic (exact) mass is 432 g/mol. The van der Waals surface area contributed by atoms with E-state index in [2.05, 4.69) is 46.1 Å². The first-order chi connectivity index (χ1) is 15.7. The topological polar surface area (TPSA) is 65.4 Å². The highest BCUT2D eigenvalue weighted by molar-refractivity contribution is 6.01. The Balaban J connectivity index is 1.21. The van der Waals surface area contributed by atoms with Crippen LogP contribution in [0, 0.1) is 6.92 Å². The number of carbonyl (C=O) groups excluding carboxylic acids is 1. The van der Waals surface area contributed by atoms with Gasteiger partial charge < -0.3 is 8.83 Å². The number of hydrazone groups is 1. The maximum atomic E-state index is 13.2. The molecule has 7 nitrogen and oxygen atoms in total. The first-order valence-electron chi connectivity index (χ1n) is 11.1. The SMILES string of the molecule is Cc1cccc(CN2CCN(CC(=O)N3N=C(c4ccco4)CC3c3ccco3)CC2)c1. The van der Waals surface area contributed by atoms with E-state index in [-0.39, 0.29) is 11.9 Å². The van der Waals surface area contributed by atoms with Crippen molar-refractivity contribution in [3.63, 3.8) is 0 Å². The van der Waals surface area contributed by atoms with Gasteiger partial charge in [0.05, 0.1) is 19.1 Å². The maximum Gasteiger partial charge on any atom is 0.257 e. The highest BCUT2D eigenvalue weighted by atomic mass is 16.3. The first kappa shape index (κ1) is 20.7. The van der Waals surface area contributed by atoms with E-state index in [1.807, 2.05) is 24.3 Å². The molecule has 0 saturated carbocycles. The minimum absolute atomic E-state index is 0.0138. The molecule has 1 unspecified atom stereocenters. The molecule has 5 rings (SSSR count). The summed E-state index contributed by atoms with van der Waals surface area (Å²) < 4.78 is 11.1. The number of amides is 1. The molecule has 2 aliphatic rings. The smallest absolute Gasteiger partial charge is 0.257 e. The summed E-state index contributed by atoms with van der Waals surface area (Å²) >= 11 is 0. The summed E-state index contributed by atoms with van der Waals surface area (Å²) in [6.45, 7) is 7.06. The van der Waals surface area contributed by atoms with Crippen molar-refractivity contribution in [2.45, 2.75) is 25.9 Å². The summed E-state index contributed by atoms with van der Waals surface area (Å²) in [7, 11) is 0. The van der Waals surface area contributed by atoms with Crippen LogP contribution in [0.1, 0.15) is 35.1 Å². The van der Waals surface area contributed by atoms with Crippen molar-refractivity contribution < 1.29 is 13.6 Å². The van der Waals surface area contributed by atoms with Crippen LogP contribution in [-0.2, 0) is 11.3 Å². The molecule has 2 aliphatic heterocycles. The fourth-order valence-electron chi connectivity index (χ4n) is 4.47. The predicted molar refractivity (Wildman–Crippen MR) is 121 cm³/mol. The second-order valence-electron chi connectivity index (χ2n) is 8.54. The lowest BCUT2D eigenvalue weighted by Crippen LogP contribution is -2.49. The molecule has 166 valence electrons. The van der Waals surface area contributed by atoms with Crippen molar-refractivity contribution in [3.8, 4) is 0 Å².